The lowest BCUT2D eigenvalue weighted by Gasteiger charge is -2.27. The minimum atomic E-state index is -0.645. The van der Waals surface area contributed by atoms with E-state index in [9.17, 15) is 9.59 Å². The number of amides is 2. The maximum Gasteiger partial charge on any atom is 0.255 e. The Balaban J connectivity index is 1.65. The van der Waals surface area contributed by atoms with Crippen LogP contribution in [0.25, 0.3) is 11.1 Å². The minimum absolute atomic E-state index is 0.181. The first-order valence-electron chi connectivity index (χ1n) is 10.8. The number of rotatable bonds is 6. The fourth-order valence-corrected chi connectivity index (χ4v) is 4.32. The number of hydrogen-bond acceptors (Lipinski definition) is 3. The van der Waals surface area contributed by atoms with Crippen molar-refractivity contribution in [3.05, 3.63) is 88.4 Å². The lowest BCUT2D eigenvalue weighted by atomic mass is 9.96. The van der Waals surface area contributed by atoms with Crippen LogP contribution in [-0.4, -0.2) is 29.8 Å². The van der Waals surface area contributed by atoms with E-state index < -0.39 is 5.91 Å². The molecule has 1 saturated heterocycles. The van der Waals surface area contributed by atoms with Crippen LogP contribution in [0.3, 0.4) is 0 Å². The van der Waals surface area contributed by atoms with Gasteiger partial charge in [-0.3, -0.25) is 14.5 Å². The number of piperidine rings is 1. The SMILES string of the molecule is NC(=O)c1cc(Cl)ccc1NC(=O)c1ccc(-c2ccccc2)c(CN2CCCCC2)c1. The third-order valence-corrected chi connectivity index (χ3v) is 6.03. The fourth-order valence-electron chi connectivity index (χ4n) is 4.15. The number of carbonyl (C=O) groups excluding carboxylic acids is 2. The molecule has 1 aliphatic heterocycles. The van der Waals surface area contributed by atoms with Crippen molar-refractivity contribution in [1.82, 2.24) is 4.90 Å². The number of primary amides is 1. The Kier molecular flexibility index (Phi) is 6.88. The number of anilines is 1. The molecule has 0 atom stereocenters. The van der Waals surface area contributed by atoms with E-state index >= 15 is 0 Å². The number of nitrogens with zero attached hydrogens (tertiary/aromatic N) is 1. The molecule has 1 heterocycles. The first-order valence-corrected chi connectivity index (χ1v) is 11.2. The van der Waals surface area contributed by atoms with Gasteiger partial charge in [0, 0.05) is 17.1 Å². The minimum Gasteiger partial charge on any atom is -0.366 e. The van der Waals surface area contributed by atoms with Gasteiger partial charge in [-0.1, -0.05) is 54.4 Å². The van der Waals surface area contributed by atoms with E-state index in [4.69, 9.17) is 17.3 Å². The molecule has 4 rings (SSSR count). The number of halogens is 1. The predicted octanol–water partition coefficient (Wildman–Crippen LogP) is 5.34. The highest BCUT2D eigenvalue weighted by Crippen LogP contribution is 2.28. The molecule has 0 aromatic heterocycles. The van der Waals surface area contributed by atoms with Crippen molar-refractivity contribution in [3.63, 3.8) is 0 Å². The molecule has 3 aromatic rings. The van der Waals surface area contributed by atoms with Crippen LogP contribution in [-0.2, 0) is 6.54 Å². The second-order valence-corrected chi connectivity index (χ2v) is 8.52. The summed E-state index contributed by atoms with van der Waals surface area (Å²) in [4.78, 5) is 27.3. The van der Waals surface area contributed by atoms with Crippen LogP contribution in [0.2, 0.25) is 5.02 Å². The summed E-state index contributed by atoms with van der Waals surface area (Å²) < 4.78 is 0. The summed E-state index contributed by atoms with van der Waals surface area (Å²) in [5.74, 6) is -0.942. The summed E-state index contributed by atoms with van der Waals surface area (Å²) in [6.45, 7) is 2.92. The van der Waals surface area contributed by atoms with E-state index in [1.807, 2.05) is 36.4 Å². The molecule has 1 aliphatic rings. The molecule has 0 saturated carbocycles. The smallest absolute Gasteiger partial charge is 0.255 e. The van der Waals surface area contributed by atoms with E-state index in [-0.39, 0.29) is 11.5 Å². The van der Waals surface area contributed by atoms with Crippen molar-refractivity contribution in [2.45, 2.75) is 25.8 Å². The van der Waals surface area contributed by atoms with Gasteiger partial charge in [-0.25, -0.2) is 0 Å². The Labute approximate surface area is 193 Å². The molecule has 2 amide bonds. The summed E-state index contributed by atoms with van der Waals surface area (Å²) >= 11 is 5.98. The van der Waals surface area contributed by atoms with Crippen molar-refractivity contribution in [1.29, 1.82) is 0 Å². The third-order valence-electron chi connectivity index (χ3n) is 5.79. The topological polar surface area (TPSA) is 75.4 Å². The quantitative estimate of drug-likeness (QED) is 0.535. The number of hydrogen-bond donors (Lipinski definition) is 2. The zero-order valence-corrected chi connectivity index (χ0v) is 18.6. The molecular formula is C26H26ClN3O2. The van der Waals surface area contributed by atoms with Gasteiger partial charge in [0.1, 0.15) is 0 Å². The zero-order valence-electron chi connectivity index (χ0n) is 17.8. The molecule has 0 spiro atoms. The molecule has 6 heteroatoms. The number of likely N-dealkylation sites (tertiary alicyclic amines) is 1. The molecular weight excluding hydrogens is 422 g/mol. The van der Waals surface area contributed by atoms with Crippen LogP contribution < -0.4 is 11.1 Å². The highest BCUT2D eigenvalue weighted by Gasteiger charge is 2.17. The molecule has 0 unspecified atom stereocenters. The molecule has 0 radical (unpaired) electrons. The highest BCUT2D eigenvalue weighted by molar-refractivity contribution is 6.31. The van der Waals surface area contributed by atoms with E-state index in [2.05, 4.69) is 22.3 Å². The Morgan fingerprint density at radius 1 is 0.938 bits per heavy atom. The normalized spacial score (nSPS) is 14.2. The molecule has 0 aliphatic carbocycles. The van der Waals surface area contributed by atoms with Gasteiger partial charge in [-0.2, -0.15) is 0 Å². The van der Waals surface area contributed by atoms with Gasteiger partial charge < -0.3 is 11.1 Å². The van der Waals surface area contributed by atoms with Crippen LogP contribution in [0.4, 0.5) is 5.69 Å². The van der Waals surface area contributed by atoms with Gasteiger partial charge in [0.05, 0.1) is 11.3 Å². The molecule has 3 N–H and O–H groups in total. The van der Waals surface area contributed by atoms with Crippen molar-refractivity contribution in [2.75, 3.05) is 18.4 Å². The van der Waals surface area contributed by atoms with Crippen LogP contribution in [0.5, 0.6) is 0 Å². The van der Waals surface area contributed by atoms with Gasteiger partial charge in [0.15, 0.2) is 0 Å². The second kappa shape index (κ2) is 9.98. The van der Waals surface area contributed by atoms with E-state index in [0.717, 1.165) is 36.3 Å². The monoisotopic (exact) mass is 447 g/mol. The van der Waals surface area contributed by atoms with E-state index in [0.29, 0.717) is 16.3 Å². The van der Waals surface area contributed by atoms with Gasteiger partial charge in [0.2, 0.25) is 0 Å². The summed E-state index contributed by atoms with van der Waals surface area (Å²) in [5, 5.41) is 3.20. The standard InChI is InChI=1S/C26H26ClN3O2/c27-21-10-12-24(23(16-21)25(28)31)29-26(32)19-9-11-22(18-7-3-1-4-8-18)20(15-19)17-30-13-5-2-6-14-30/h1,3-4,7-12,15-16H,2,5-6,13-14,17H2,(H2,28,31)(H,29,32). The summed E-state index contributed by atoms with van der Waals surface area (Å²) in [6, 6.07) is 20.6. The molecule has 5 nitrogen and oxygen atoms in total. The fraction of sp³-hybridized carbons (Fsp3) is 0.231. The average molecular weight is 448 g/mol. The molecule has 32 heavy (non-hydrogen) atoms. The van der Waals surface area contributed by atoms with Crippen LogP contribution in [0.1, 0.15) is 45.5 Å². The third kappa shape index (κ3) is 5.18. The largest absolute Gasteiger partial charge is 0.366 e. The molecule has 164 valence electrons. The van der Waals surface area contributed by atoms with Gasteiger partial charge >= 0.3 is 0 Å². The van der Waals surface area contributed by atoms with E-state index in [1.165, 1.54) is 25.3 Å². The van der Waals surface area contributed by atoms with Crippen molar-refractivity contribution < 1.29 is 9.59 Å². The van der Waals surface area contributed by atoms with Gasteiger partial charge in [-0.05, 0) is 73.0 Å². The number of carbonyl (C=O) groups is 2. The van der Waals surface area contributed by atoms with Crippen LogP contribution in [0, 0.1) is 0 Å². The van der Waals surface area contributed by atoms with Gasteiger partial charge in [-0.15, -0.1) is 0 Å². The molecule has 1 fully saturated rings. The second-order valence-electron chi connectivity index (χ2n) is 8.08. The number of nitrogens with two attached hydrogens (primary N) is 1. The zero-order chi connectivity index (χ0) is 22.5. The first-order chi connectivity index (χ1) is 15.5. The Morgan fingerprint density at radius 3 is 2.41 bits per heavy atom. The average Bonchev–Trinajstić information content (AvgIpc) is 2.81. The van der Waals surface area contributed by atoms with Crippen molar-refractivity contribution in [2.24, 2.45) is 5.73 Å². The van der Waals surface area contributed by atoms with E-state index in [1.54, 1.807) is 12.1 Å². The lowest BCUT2D eigenvalue weighted by molar-refractivity contribution is 0.100. The van der Waals surface area contributed by atoms with Gasteiger partial charge in [0.25, 0.3) is 11.8 Å². The van der Waals surface area contributed by atoms with Crippen molar-refractivity contribution in [3.8, 4) is 11.1 Å². The number of benzene rings is 3. The predicted molar refractivity (Wildman–Crippen MR) is 129 cm³/mol. The Morgan fingerprint density at radius 2 is 1.69 bits per heavy atom. The highest BCUT2D eigenvalue weighted by atomic mass is 35.5. The summed E-state index contributed by atoms with van der Waals surface area (Å²) in [5.41, 5.74) is 9.87. The first kappa shape index (κ1) is 22.1. The van der Waals surface area contributed by atoms with Crippen molar-refractivity contribution >= 4 is 29.1 Å². The van der Waals surface area contributed by atoms with Crippen LogP contribution in [0.15, 0.2) is 66.7 Å². The maximum atomic E-state index is 13.1. The number of nitrogens with one attached hydrogen (secondary N) is 1. The Bertz CT molecular complexity index is 1130. The van der Waals surface area contributed by atoms with Crippen LogP contribution >= 0.6 is 11.6 Å². The summed E-state index contributed by atoms with van der Waals surface area (Å²) in [7, 11) is 0. The Hall–Kier alpha value is -3.15. The molecule has 3 aromatic carbocycles. The molecule has 0 bridgehead atoms. The summed E-state index contributed by atoms with van der Waals surface area (Å²) in [6.07, 6.45) is 3.67. The lowest BCUT2D eigenvalue weighted by Crippen LogP contribution is -2.29. The maximum absolute atomic E-state index is 13.1.